The molecule has 0 aromatic heterocycles. The molecule has 1 atom stereocenters. The summed E-state index contributed by atoms with van der Waals surface area (Å²) in [6.07, 6.45) is 3.67. The van der Waals surface area contributed by atoms with Gasteiger partial charge in [0.05, 0.1) is 0 Å². The van der Waals surface area contributed by atoms with Gasteiger partial charge in [0, 0.05) is 5.16 Å². The van der Waals surface area contributed by atoms with Crippen LogP contribution in [0.3, 0.4) is 0 Å². The normalized spacial score (nSPS) is 18.8. The van der Waals surface area contributed by atoms with Crippen LogP contribution >= 0.6 is 7.92 Å². The van der Waals surface area contributed by atoms with Gasteiger partial charge in [-0.1, -0.05) is 144 Å². The van der Waals surface area contributed by atoms with E-state index in [1.807, 2.05) is 0 Å². The SMILES string of the molecule is CC(C)C1=CC(C(C)C)=C(c2ccccc2)[C@@](C(C)C)(P(c2ccccc2)c2ccccc2)C1. The minimum Gasteiger partial charge on any atom is -0.0661 e. The molecule has 0 aliphatic heterocycles. The van der Waals surface area contributed by atoms with E-state index in [0.29, 0.717) is 17.8 Å². The van der Waals surface area contributed by atoms with Crippen molar-refractivity contribution in [3.05, 3.63) is 114 Å². The van der Waals surface area contributed by atoms with E-state index in [2.05, 4.69) is 139 Å². The number of hydrogen-bond donors (Lipinski definition) is 0. The van der Waals surface area contributed by atoms with Gasteiger partial charge in [-0.15, -0.1) is 0 Å². The van der Waals surface area contributed by atoms with E-state index in [9.17, 15) is 0 Å². The minimum absolute atomic E-state index is 0.00729. The maximum absolute atomic E-state index is 2.56. The van der Waals surface area contributed by atoms with Gasteiger partial charge in [0.25, 0.3) is 0 Å². The lowest BCUT2D eigenvalue weighted by Crippen LogP contribution is -2.44. The van der Waals surface area contributed by atoms with Gasteiger partial charge in [0.1, 0.15) is 0 Å². The Hall–Kier alpha value is -2.43. The highest BCUT2D eigenvalue weighted by molar-refractivity contribution is 7.75. The molecule has 3 aromatic carbocycles. The summed E-state index contributed by atoms with van der Waals surface area (Å²) >= 11 is 0. The first-order chi connectivity index (χ1) is 16.4. The van der Waals surface area contributed by atoms with Crippen molar-refractivity contribution in [2.45, 2.75) is 53.1 Å². The molecule has 176 valence electrons. The van der Waals surface area contributed by atoms with Crippen molar-refractivity contribution in [1.82, 2.24) is 0 Å². The van der Waals surface area contributed by atoms with Gasteiger partial charge in [0.15, 0.2) is 0 Å². The Kier molecular flexibility index (Phi) is 7.59. The Balaban J connectivity index is 2.13. The van der Waals surface area contributed by atoms with Crippen molar-refractivity contribution in [2.75, 3.05) is 0 Å². The Labute approximate surface area is 208 Å². The first kappa shape index (κ1) is 24.7. The molecule has 0 heterocycles. The summed E-state index contributed by atoms with van der Waals surface area (Å²) < 4.78 is 0. The van der Waals surface area contributed by atoms with E-state index >= 15 is 0 Å². The Morgan fingerprint density at radius 3 is 1.50 bits per heavy atom. The van der Waals surface area contributed by atoms with E-state index in [4.69, 9.17) is 0 Å². The zero-order chi connectivity index (χ0) is 24.3. The Morgan fingerprint density at radius 1 is 0.618 bits per heavy atom. The molecule has 0 amide bonds. The van der Waals surface area contributed by atoms with Crippen LogP contribution in [0, 0.1) is 17.8 Å². The molecule has 34 heavy (non-hydrogen) atoms. The zero-order valence-corrected chi connectivity index (χ0v) is 22.5. The van der Waals surface area contributed by atoms with E-state index in [-0.39, 0.29) is 5.16 Å². The number of benzene rings is 3. The highest BCUT2D eigenvalue weighted by atomic mass is 31.1. The van der Waals surface area contributed by atoms with E-state index in [1.54, 1.807) is 11.1 Å². The summed E-state index contributed by atoms with van der Waals surface area (Å²) in [5.74, 6) is 1.48. The first-order valence-corrected chi connectivity index (χ1v) is 14.1. The van der Waals surface area contributed by atoms with Crippen molar-refractivity contribution in [3.8, 4) is 0 Å². The zero-order valence-electron chi connectivity index (χ0n) is 21.6. The average molecular weight is 467 g/mol. The Morgan fingerprint density at radius 2 is 1.09 bits per heavy atom. The fourth-order valence-corrected chi connectivity index (χ4v) is 9.02. The molecule has 0 radical (unpaired) electrons. The van der Waals surface area contributed by atoms with Crippen LogP contribution in [0.15, 0.2) is 108 Å². The van der Waals surface area contributed by atoms with Gasteiger partial charge in [-0.3, -0.25) is 0 Å². The third-order valence-corrected chi connectivity index (χ3v) is 10.7. The summed E-state index contributed by atoms with van der Waals surface area (Å²) in [6.45, 7) is 14.4. The number of hydrogen-bond acceptors (Lipinski definition) is 0. The molecule has 0 unspecified atom stereocenters. The molecule has 1 heteroatoms. The third-order valence-electron chi connectivity index (χ3n) is 7.35. The van der Waals surface area contributed by atoms with Crippen LogP contribution in [0.2, 0.25) is 0 Å². The smallest absolute Gasteiger partial charge is 0.0303 e. The largest absolute Gasteiger partial charge is 0.0661 e. The molecule has 3 aromatic rings. The molecule has 0 saturated heterocycles. The van der Waals surface area contributed by atoms with E-state index in [0.717, 1.165) is 6.42 Å². The lowest BCUT2D eigenvalue weighted by Gasteiger charge is -2.51. The number of allylic oxidation sites excluding steroid dienone is 4. The topological polar surface area (TPSA) is 0 Å². The fourth-order valence-electron chi connectivity index (χ4n) is 5.53. The molecule has 0 N–H and O–H groups in total. The van der Waals surface area contributed by atoms with Gasteiger partial charge < -0.3 is 0 Å². The van der Waals surface area contributed by atoms with Crippen LogP contribution in [-0.2, 0) is 0 Å². The predicted molar refractivity (Wildman–Crippen MR) is 152 cm³/mol. The molecular weight excluding hydrogens is 427 g/mol. The second-order valence-electron chi connectivity index (χ2n) is 10.5. The average Bonchev–Trinajstić information content (AvgIpc) is 2.85. The summed E-state index contributed by atoms with van der Waals surface area (Å²) in [6, 6.07) is 33.9. The molecule has 0 nitrogen and oxygen atoms in total. The summed E-state index contributed by atoms with van der Waals surface area (Å²) in [5.41, 5.74) is 6.07. The van der Waals surface area contributed by atoms with Crippen LogP contribution in [0.1, 0.15) is 53.5 Å². The van der Waals surface area contributed by atoms with Gasteiger partial charge in [-0.2, -0.15) is 0 Å². The van der Waals surface area contributed by atoms with Crippen molar-refractivity contribution >= 4 is 24.1 Å². The van der Waals surface area contributed by atoms with Gasteiger partial charge >= 0.3 is 0 Å². The highest BCUT2D eigenvalue weighted by Gasteiger charge is 2.49. The minimum atomic E-state index is -0.657. The van der Waals surface area contributed by atoms with Crippen LogP contribution in [-0.4, -0.2) is 5.16 Å². The van der Waals surface area contributed by atoms with Crippen molar-refractivity contribution in [2.24, 2.45) is 17.8 Å². The van der Waals surface area contributed by atoms with Crippen molar-refractivity contribution in [3.63, 3.8) is 0 Å². The summed E-state index contributed by atoms with van der Waals surface area (Å²) in [7, 11) is -0.657. The molecule has 0 fully saturated rings. The number of rotatable bonds is 7. The monoisotopic (exact) mass is 466 g/mol. The Bertz CT molecular complexity index is 1100. The summed E-state index contributed by atoms with van der Waals surface area (Å²) in [5, 5.41) is 2.95. The second-order valence-corrected chi connectivity index (χ2v) is 13.0. The molecule has 0 spiro atoms. The predicted octanol–water partition coefficient (Wildman–Crippen LogP) is 8.61. The van der Waals surface area contributed by atoms with Gasteiger partial charge in [-0.25, -0.2) is 0 Å². The maximum Gasteiger partial charge on any atom is 0.0303 e. The molecular formula is C33H39P. The molecule has 4 rings (SSSR count). The highest BCUT2D eigenvalue weighted by Crippen LogP contribution is 2.64. The van der Waals surface area contributed by atoms with Crippen molar-refractivity contribution in [1.29, 1.82) is 0 Å². The first-order valence-electron chi connectivity index (χ1n) is 12.8. The second kappa shape index (κ2) is 10.5. The third kappa shape index (κ3) is 4.58. The van der Waals surface area contributed by atoms with Crippen LogP contribution < -0.4 is 10.6 Å². The fraction of sp³-hybridized carbons (Fsp3) is 0.333. The van der Waals surface area contributed by atoms with Crippen molar-refractivity contribution < 1.29 is 0 Å². The standard InChI is InChI=1S/C33H39P/c1-24(2)28-22-31(25(3)4)32(27-16-10-7-11-17-27)33(23-28,26(5)6)34(29-18-12-8-13-19-29)30-20-14-9-15-21-30/h7-22,24-26H,23H2,1-6H3/t33-/m1/s1. The van der Waals surface area contributed by atoms with E-state index < -0.39 is 7.92 Å². The van der Waals surface area contributed by atoms with Crippen LogP contribution in [0.5, 0.6) is 0 Å². The molecule has 0 saturated carbocycles. The van der Waals surface area contributed by atoms with Gasteiger partial charge in [0.2, 0.25) is 0 Å². The lowest BCUT2D eigenvalue weighted by atomic mass is 9.69. The quantitative estimate of drug-likeness (QED) is 0.306. The molecule has 1 aliphatic rings. The van der Waals surface area contributed by atoms with Gasteiger partial charge in [-0.05, 0) is 59.4 Å². The van der Waals surface area contributed by atoms with E-state index in [1.165, 1.54) is 21.7 Å². The lowest BCUT2D eigenvalue weighted by molar-refractivity contribution is 0.485. The van der Waals surface area contributed by atoms with Crippen LogP contribution in [0.4, 0.5) is 0 Å². The molecule has 1 aliphatic carbocycles. The summed E-state index contributed by atoms with van der Waals surface area (Å²) in [4.78, 5) is 0. The molecule has 0 bridgehead atoms. The van der Waals surface area contributed by atoms with Crippen LogP contribution in [0.25, 0.3) is 5.57 Å². The maximum atomic E-state index is 2.56.